The molecule has 0 aliphatic rings. The van der Waals surface area contributed by atoms with Gasteiger partial charge in [-0.3, -0.25) is 13.8 Å². The highest BCUT2D eigenvalue weighted by atomic mass is 16.4. The van der Waals surface area contributed by atoms with Crippen molar-refractivity contribution in [2.24, 2.45) is 0 Å². The monoisotopic (exact) mass is 398 g/mol. The van der Waals surface area contributed by atoms with Gasteiger partial charge in [0.2, 0.25) is 5.91 Å². The Labute approximate surface area is 171 Å². The number of fused-ring (bicyclic) bond motifs is 2. The second-order valence-electron chi connectivity index (χ2n) is 7.08. The number of imidazole rings is 1. The SMILES string of the molecule is Cc1ccn2c(NC(=O)Cn3c(=O)oc4ccccc43)c(-c3ccccc3)nc2c1. The van der Waals surface area contributed by atoms with Gasteiger partial charge in [0.05, 0.1) is 5.52 Å². The highest BCUT2D eigenvalue weighted by Gasteiger charge is 2.18. The molecule has 1 amide bonds. The highest BCUT2D eigenvalue weighted by Crippen LogP contribution is 2.29. The van der Waals surface area contributed by atoms with E-state index in [2.05, 4.69) is 5.32 Å². The number of rotatable bonds is 4. The molecule has 0 bridgehead atoms. The predicted molar refractivity (Wildman–Crippen MR) is 114 cm³/mol. The van der Waals surface area contributed by atoms with Crippen LogP contribution in [0.4, 0.5) is 5.82 Å². The minimum absolute atomic E-state index is 0.164. The molecular weight excluding hydrogens is 380 g/mol. The minimum Gasteiger partial charge on any atom is -0.408 e. The van der Waals surface area contributed by atoms with Gasteiger partial charge in [0.25, 0.3) is 0 Å². The van der Waals surface area contributed by atoms with Crippen molar-refractivity contribution in [2.75, 3.05) is 5.32 Å². The maximum atomic E-state index is 12.9. The van der Waals surface area contributed by atoms with Gasteiger partial charge in [0.15, 0.2) is 5.58 Å². The number of nitrogens with one attached hydrogen (secondary N) is 1. The summed E-state index contributed by atoms with van der Waals surface area (Å²) in [7, 11) is 0. The van der Waals surface area contributed by atoms with Gasteiger partial charge in [-0.1, -0.05) is 42.5 Å². The summed E-state index contributed by atoms with van der Waals surface area (Å²) >= 11 is 0. The minimum atomic E-state index is -0.566. The fourth-order valence-corrected chi connectivity index (χ4v) is 3.54. The summed E-state index contributed by atoms with van der Waals surface area (Å²) in [5.74, 6) is -0.353. The van der Waals surface area contributed by atoms with E-state index in [0.717, 1.165) is 16.8 Å². The molecule has 7 heteroatoms. The van der Waals surface area contributed by atoms with Gasteiger partial charge in [0, 0.05) is 11.8 Å². The van der Waals surface area contributed by atoms with E-state index in [4.69, 9.17) is 9.40 Å². The second kappa shape index (κ2) is 7.04. The van der Waals surface area contributed by atoms with Crippen LogP contribution in [-0.4, -0.2) is 19.9 Å². The first kappa shape index (κ1) is 17.9. The number of hydrogen-bond donors (Lipinski definition) is 1. The molecule has 7 nitrogen and oxygen atoms in total. The molecule has 3 heterocycles. The third kappa shape index (κ3) is 3.06. The first-order valence-corrected chi connectivity index (χ1v) is 9.52. The lowest BCUT2D eigenvalue weighted by molar-refractivity contribution is -0.116. The average molecular weight is 398 g/mol. The van der Waals surface area contributed by atoms with Crippen molar-refractivity contribution in [1.82, 2.24) is 14.0 Å². The van der Waals surface area contributed by atoms with E-state index in [1.165, 1.54) is 4.57 Å². The van der Waals surface area contributed by atoms with Crippen LogP contribution in [-0.2, 0) is 11.3 Å². The fourth-order valence-electron chi connectivity index (χ4n) is 3.54. The number of carbonyl (C=O) groups excluding carboxylic acids is 1. The number of oxazole rings is 1. The van der Waals surface area contributed by atoms with Crippen molar-refractivity contribution in [2.45, 2.75) is 13.5 Å². The molecule has 1 N–H and O–H groups in total. The molecule has 5 aromatic rings. The molecule has 0 atom stereocenters. The molecule has 0 saturated carbocycles. The predicted octanol–water partition coefficient (Wildman–Crippen LogP) is 3.86. The number of pyridine rings is 1. The zero-order valence-electron chi connectivity index (χ0n) is 16.2. The van der Waals surface area contributed by atoms with E-state index in [0.29, 0.717) is 22.6 Å². The van der Waals surface area contributed by atoms with Crippen molar-refractivity contribution in [1.29, 1.82) is 0 Å². The van der Waals surface area contributed by atoms with Gasteiger partial charge < -0.3 is 9.73 Å². The molecule has 5 rings (SSSR count). The zero-order valence-corrected chi connectivity index (χ0v) is 16.2. The third-order valence-electron chi connectivity index (χ3n) is 4.96. The van der Waals surface area contributed by atoms with Crippen LogP contribution in [0.3, 0.4) is 0 Å². The van der Waals surface area contributed by atoms with Crippen molar-refractivity contribution in [3.05, 3.63) is 89.0 Å². The molecule has 0 unspecified atom stereocenters. The molecule has 30 heavy (non-hydrogen) atoms. The fraction of sp³-hybridized carbons (Fsp3) is 0.0870. The van der Waals surface area contributed by atoms with Crippen LogP contribution in [0.15, 0.2) is 82.1 Å². The smallest absolute Gasteiger partial charge is 0.408 e. The maximum Gasteiger partial charge on any atom is 0.420 e. The van der Waals surface area contributed by atoms with E-state index < -0.39 is 5.76 Å². The lowest BCUT2D eigenvalue weighted by Crippen LogP contribution is -2.25. The van der Waals surface area contributed by atoms with Crippen LogP contribution in [0.5, 0.6) is 0 Å². The Bertz CT molecular complexity index is 1440. The number of amides is 1. The standard InChI is InChI=1S/C23H18N4O3/c1-15-11-12-26-19(13-15)24-21(16-7-3-2-4-8-16)22(26)25-20(28)14-27-17-9-5-6-10-18(17)30-23(27)29/h2-13H,14H2,1H3,(H,25,28). The summed E-state index contributed by atoms with van der Waals surface area (Å²) in [6.45, 7) is 1.83. The molecule has 148 valence electrons. The Balaban J connectivity index is 1.55. The Kier molecular flexibility index (Phi) is 4.21. The van der Waals surface area contributed by atoms with Gasteiger partial charge >= 0.3 is 5.76 Å². The molecule has 0 spiro atoms. The number of benzene rings is 2. The Morgan fingerprint density at radius 3 is 2.67 bits per heavy atom. The van der Waals surface area contributed by atoms with E-state index >= 15 is 0 Å². The van der Waals surface area contributed by atoms with Gasteiger partial charge in [-0.25, -0.2) is 9.78 Å². The van der Waals surface area contributed by atoms with Crippen molar-refractivity contribution < 1.29 is 9.21 Å². The molecule has 0 radical (unpaired) electrons. The van der Waals surface area contributed by atoms with Gasteiger partial charge in [-0.15, -0.1) is 0 Å². The Hall–Kier alpha value is -4.13. The summed E-state index contributed by atoms with van der Waals surface area (Å²) in [4.78, 5) is 29.9. The number of aryl methyl sites for hydroxylation is 1. The Morgan fingerprint density at radius 1 is 1.07 bits per heavy atom. The van der Waals surface area contributed by atoms with Gasteiger partial charge in [0.1, 0.15) is 23.7 Å². The largest absolute Gasteiger partial charge is 0.420 e. The van der Waals surface area contributed by atoms with Crippen LogP contribution in [0.25, 0.3) is 28.0 Å². The van der Waals surface area contributed by atoms with Gasteiger partial charge in [-0.05, 0) is 36.8 Å². The normalized spacial score (nSPS) is 11.2. The number of nitrogens with zero attached hydrogens (tertiary/aromatic N) is 3. The molecule has 0 fully saturated rings. The number of hydrogen-bond acceptors (Lipinski definition) is 4. The number of anilines is 1. The van der Waals surface area contributed by atoms with Crippen molar-refractivity contribution in [3.63, 3.8) is 0 Å². The molecule has 0 aliphatic heterocycles. The summed E-state index contributed by atoms with van der Waals surface area (Å²) in [6, 6.07) is 20.6. The van der Waals surface area contributed by atoms with Crippen molar-refractivity contribution >= 4 is 28.5 Å². The van der Waals surface area contributed by atoms with E-state index in [1.807, 2.05) is 60.0 Å². The second-order valence-corrected chi connectivity index (χ2v) is 7.08. The average Bonchev–Trinajstić information content (AvgIpc) is 3.26. The van der Waals surface area contributed by atoms with E-state index in [1.54, 1.807) is 24.3 Å². The third-order valence-corrected chi connectivity index (χ3v) is 4.96. The molecular formula is C23H18N4O3. The number of aromatic nitrogens is 3. The lowest BCUT2D eigenvalue weighted by atomic mass is 10.1. The first-order chi connectivity index (χ1) is 14.6. The quantitative estimate of drug-likeness (QED) is 0.498. The van der Waals surface area contributed by atoms with Gasteiger partial charge in [-0.2, -0.15) is 0 Å². The molecule has 3 aromatic heterocycles. The first-order valence-electron chi connectivity index (χ1n) is 9.52. The maximum absolute atomic E-state index is 12.9. The number of para-hydroxylation sites is 2. The zero-order chi connectivity index (χ0) is 20.7. The van der Waals surface area contributed by atoms with Crippen LogP contribution in [0.2, 0.25) is 0 Å². The van der Waals surface area contributed by atoms with Crippen LogP contribution in [0.1, 0.15) is 5.56 Å². The summed E-state index contributed by atoms with van der Waals surface area (Å²) in [6.07, 6.45) is 1.87. The van der Waals surface area contributed by atoms with Crippen LogP contribution >= 0.6 is 0 Å². The topological polar surface area (TPSA) is 81.5 Å². The summed E-state index contributed by atoms with van der Waals surface area (Å²) in [5, 5.41) is 2.94. The van der Waals surface area contributed by atoms with Crippen molar-refractivity contribution in [3.8, 4) is 11.3 Å². The summed E-state index contributed by atoms with van der Waals surface area (Å²) in [5.41, 5.74) is 4.38. The highest BCUT2D eigenvalue weighted by molar-refractivity contribution is 5.95. The van der Waals surface area contributed by atoms with Crippen LogP contribution < -0.4 is 11.1 Å². The van der Waals surface area contributed by atoms with E-state index in [-0.39, 0.29) is 12.5 Å². The molecule has 0 aliphatic carbocycles. The molecule has 0 saturated heterocycles. The lowest BCUT2D eigenvalue weighted by Gasteiger charge is -2.08. The van der Waals surface area contributed by atoms with Crippen LogP contribution in [0, 0.1) is 6.92 Å². The van der Waals surface area contributed by atoms with E-state index in [9.17, 15) is 9.59 Å². The summed E-state index contributed by atoms with van der Waals surface area (Å²) < 4.78 is 8.38. The Morgan fingerprint density at radius 2 is 1.83 bits per heavy atom. The molecule has 2 aromatic carbocycles. The number of carbonyl (C=O) groups is 1.